The van der Waals surface area contributed by atoms with E-state index in [0.717, 1.165) is 25.1 Å². The van der Waals surface area contributed by atoms with E-state index in [1.807, 2.05) is 7.05 Å². The van der Waals surface area contributed by atoms with Gasteiger partial charge < -0.3 is 10.4 Å². The molecule has 1 aromatic rings. The molecule has 2 rings (SSSR count). The molecular formula is C10H18N4O. The molecule has 0 spiro atoms. The number of nitrogens with one attached hydrogen (secondary N) is 1. The number of aromatic nitrogens is 3. The topological polar surface area (TPSA) is 63.0 Å². The molecule has 1 heterocycles. The molecule has 1 aromatic heterocycles. The lowest BCUT2D eigenvalue weighted by molar-refractivity contribution is 0.0897. The summed E-state index contributed by atoms with van der Waals surface area (Å²) in [6.07, 6.45) is 5.66. The summed E-state index contributed by atoms with van der Waals surface area (Å²) in [5.41, 5.74) is 0. The number of hydrogen-bond donors (Lipinski definition) is 2. The van der Waals surface area contributed by atoms with Crippen LogP contribution in [-0.4, -0.2) is 32.0 Å². The molecule has 2 atom stereocenters. The zero-order valence-corrected chi connectivity index (χ0v) is 9.06. The molecule has 2 unspecified atom stereocenters. The van der Waals surface area contributed by atoms with E-state index in [1.165, 1.54) is 6.42 Å². The van der Waals surface area contributed by atoms with E-state index < -0.39 is 0 Å². The lowest BCUT2D eigenvalue weighted by Gasteiger charge is -2.28. The van der Waals surface area contributed by atoms with E-state index in [-0.39, 0.29) is 12.1 Å². The number of aryl methyl sites for hydroxylation is 1. The Morgan fingerprint density at radius 3 is 3.00 bits per heavy atom. The van der Waals surface area contributed by atoms with Crippen molar-refractivity contribution in [3.05, 3.63) is 12.2 Å². The van der Waals surface area contributed by atoms with Crippen LogP contribution in [0.4, 0.5) is 0 Å². The highest BCUT2D eigenvalue weighted by Gasteiger charge is 2.22. The zero-order valence-electron chi connectivity index (χ0n) is 9.06. The van der Waals surface area contributed by atoms with Crippen LogP contribution >= 0.6 is 0 Å². The fraction of sp³-hybridized carbons (Fsp3) is 0.800. The molecule has 0 saturated heterocycles. The summed E-state index contributed by atoms with van der Waals surface area (Å²) in [6.45, 7) is 0.679. The molecule has 0 amide bonds. The summed E-state index contributed by atoms with van der Waals surface area (Å²) in [5, 5.41) is 17.1. The Morgan fingerprint density at radius 1 is 1.53 bits per heavy atom. The van der Waals surface area contributed by atoms with Crippen LogP contribution in [0.2, 0.25) is 0 Å². The largest absolute Gasteiger partial charge is 0.392 e. The molecule has 5 heteroatoms. The third kappa shape index (κ3) is 2.54. The second-order valence-corrected chi connectivity index (χ2v) is 4.14. The van der Waals surface area contributed by atoms with Crippen molar-refractivity contribution in [3.63, 3.8) is 0 Å². The summed E-state index contributed by atoms with van der Waals surface area (Å²) < 4.78 is 1.75. The predicted octanol–water partition coefficient (Wildman–Crippen LogP) is 0.208. The van der Waals surface area contributed by atoms with Gasteiger partial charge in [-0.1, -0.05) is 12.8 Å². The number of aliphatic hydroxyl groups excluding tert-OH is 1. The van der Waals surface area contributed by atoms with Crippen molar-refractivity contribution >= 4 is 0 Å². The highest BCUT2D eigenvalue weighted by atomic mass is 16.3. The second kappa shape index (κ2) is 4.72. The maximum absolute atomic E-state index is 9.76. The van der Waals surface area contributed by atoms with Gasteiger partial charge in [0.25, 0.3) is 0 Å². The van der Waals surface area contributed by atoms with Crippen LogP contribution in [0, 0.1) is 0 Å². The van der Waals surface area contributed by atoms with Crippen LogP contribution in [0.1, 0.15) is 31.5 Å². The predicted molar refractivity (Wildman–Crippen MR) is 56.1 cm³/mol. The van der Waals surface area contributed by atoms with Crippen molar-refractivity contribution in [2.24, 2.45) is 7.05 Å². The SMILES string of the molecule is Cn1ncnc1CNC1CCCCC1O. The summed E-state index contributed by atoms with van der Waals surface area (Å²) in [7, 11) is 1.88. The molecule has 0 aromatic carbocycles. The van der Waals surface area contributed by atoms with Gasteiger partial charge >= 0.3 is 0 Å². The van der Waals surface area contributed by atoms with Crippen molar-refractivity contribution in [1.82, 2.24) is 20.1 Å². The van der Waals surface area contributed by atoms with Crippen LogP contribution in [0.15, 0.2) is 6.33 Å². The van der Waals surface area contributed by atoms with Crippen LogP contribution < -0.4 is 5.32 Å². The van der Waals surface area contributed by atoms with Crippen molar-refractivity contribution in [2.45, 2.75) is 44.4 Å². The Hall–Kier alpha value is -0.940. The smallest absolute Gasteiger partial charge is 0.140 e. The summed E-state index contributed by atoms with van der Waals surface area (Å²) in [5.74, 6) is 0.910. The molecule has 0 bridgehead atoms. The summed E-state index contributed by atoms with van der Waals surface area (Å²) in [6, 6.07) is 0.218. The van der Waals surface area contributed by atoms with E-state index >= 15 is 0 Å². The van der Waals surface area contributed by atoms with Crippen LogP contribution in [0.3, 0.4) is 0 Å². The lowest BCUT2D eigenvalue weighted by Crippen LogP contribution is -2.42. The first kappa shape index (κ1) is 10.6. The van der Waals surface area contributed by atoms with Gasteiger partial charge in [-0.15, -0.1) is 0 Å². The first-order valence-corrected chi connectivity index (χ1v) is 5.51. The maximum Gasteiger partial charge on any atom is 0.140 e. The van der Waals surface area contributed by atoms with Gasteiger partial charge in [-0.05, 0) is 12.8 Å². The fourth-order valence-corrected chi connectivity index (χ4v) is 2.05. The van der Waals surface area contributed by atoms with Crippen LogP contribution in [0.25, 0.3) is 0 Å². The Morgan fingerprint density at radius 2 is 2.33 bits per heavy atom. The van der Waals surface area contributed by atoms with Gasteiger partial charge in [0, 0.05) is 13.1 Å². The minimum absolute atomic E-state index is 0.202. The Bertz CT molecular complexity index is 312. The zero-order chi connectivity index (χ0) is 10.7. The molecule has 1 aliphatic rings. The highest BCUT2D eigenvalue weighted by Crippen LogP contribution is 2.18. The average Bonchev–Trinajstić information content (AvgIpc) is 2.63. The normalized spacial score (nSPS) is 26.8. The minimum atomic E-state index is -0.202. The van der Waals surface area contributed by atoms with Gasteiger partial charge in [-0.25, -0.2) is 4.98 Å². The third-order valence-electron chi connectivity index (χ3n) is 3.06. The van der Waals surface area contributed by atoms with E-state index in [9.17, 15) is 5.11 Å². The van der Waals surface area contributed by atoms with Gasteiger partial charge in [-0.2, -0.15) is 5.10 Å². The maximum atomic E-state index is 9.76. The third-order valence-corrected chi connectivity index (χ3v) is 3.06. The Balaban J connectivity index is 1.84. The molecule has 1 aliphatic carbocycles. The van der Waals surface area contributed by atoms with Gasteiger partial charge in [0.05, 0.1) is 12.6 Å². The van der Waals surface area contributed by atoms with Crippen molar-refractivity contribution in [1.29, 1.82) is 0 Å². The molecule has 15 heavy (non-hydrogen) atoms. The van der Waals surface area contributed by atoms with E-state index in [0.29, 0.717) is 6.54 Å². The molecular weight excluding hydrogens is 192 g/mol. The quantitative estimate of drug-likeness (QED) is 0.748. The first-order valence-electron chi connectivity index (χ1n) is 5.51. The molecule has 2 N–H and O–H groups in total. The standard InChI is InChI=1S/C10H18N4O/c1-14-10(12-7-13-14)6-11-8-4-2-3-5-9(8)15/h7-9,11,15H,2-6H2,1H3. The number of hydrogen-bond acceptors (Lipinski definition) is 4. The number of aliphatic hydroxyl groups is 1. The van der Waals surface area contributed by atoms with Crippen LogP contribution in [-0.2, 0) is 13.6 Å². The van der Waals surface area contributed by atoms with Gasteiger partial charge in [0.2, 0.25) is 0 Å². The minimum Gasteiger partial charge on any atom is -0.392 e. The highest BCUT2D eigenvalue weighted by molar-refractivity contribution is 4.86. The van der Waals surface area contributed by atoms with E-state index in [4.69, 9.17) is 0 Å². The number of rotatable bonds is 3. The van der Waals surface area contributed by atoms with Crippen molar-refractivity contribution in [2.75, 3.05) is 0 Å². The second-order valence-electron chi connectivity index (χ2n) is 4.14. The molecule has 1 fully saturated rings. The first-order chi connectivity index (χ1) is 7.27. The number of nitrogens with zero attached hydrogens (tertiary/aromatic N) is 3. The molecule has 0 radical (unpaired) electrons. The fourth-order valence-electron chi connectivity index (χ4n) is 2.05. The average molecular weight is 210 g/mol. The van der Waals surface area contributed by atoms with Crippen molar-refractivity contribution < 1.29 is 5.11 Å². The van der Waals surface area contributed by atoms with Gasteiger partial charge in [0.1, 0.15) is 12.2 Å². The summed E-state index contributed by atoms with van der Waals surface area (Å²) in [4.78, 5) is 4.13. The molecule has 84 valence electrons. The lowest BCUT2D eigenvalue weighted by atomic mass is 9.93. The van der Waals surface area contributed by atoms with Crippen molar-refractivity contribution in [3.8, 4) is 0 Å². The Kier molecular flexibility index (Phi) is 3.33. The van der Waals surface area contributed by atoms with E-state index in [2.05, 4.69) is 15.4 Å². The van der Waals surface area contributed by atoms with Crippen LogP contribution in [0.5, 0.6) is 0 Å². The molecule has 0 aliphatic heterocycles. The summed E-state index contributed by atoms with van der Waals surface area (Å²) >= 11 is 0. The molecule has 5 nitrogen and oxygen atoms in total. The van der Waals surface area contributed by atoms with Gasteiger partial charge in [-0.3, -0.25) is 4.68 Å². The Labute approximate surface area is 89.5 Å². The van der Waals surface area contributed by atoms with Gasteiger partial charge in [0.15, 0.2) is 0 Å². The molecule has 1 saturated carbocycles. The monoisotopic (exact) mass is 210 g/mol. The van der Waals surface area contributed by atoms with E-state index in [1.54, 1.807) is 11.0 Å².